The van der Waals surface area contributed by atoms with Gasteiger partial charge in [0.25, 0.3) is 5.91 Å². The van der Waals surface area contributed by atoms with Gasteiger partial charge < -0.3 is 5.32 Å². The number of rotatable bonds is 8. The third-order valence-electron chi connectivity index (χ3n) is 3.06. The molecule has 1 N–H and O–H groups in total. The summed E-state index contributed by atoms with van der Waals surface area (Å²) in [5, 5.41) is 2.57. The molecule has 0 atom stereocenters. The molecule has 20 heavy (non-hydrogen) atoms. The third-order valence-corrected chi connectivity index (χ3v) is 3.06. The number of carbonyl (C=O) groups excluding carboxylic acids is 1. The van der Waals surface area contributed by atoms with Gasteiger partial charge in [-0.3, -0.25) is 4.79 Å². The lowest BCUT2D eigenvalue weighted by Gasteiger charge is -2.06. The maximum atomic E-state index is 13.0. The van der Waals surface area contributed by atoms with E-state index in [1.54, 1.807) is 0 Å². The number of hydrogen-bond donors (Lipinski definition) is 1. The van der Waals surface area contributed by atoms with Crippen LogP contribution in [0.5, 0.6) is 0 Å². The van der Waals surface area contributed by atoms with E-state index in [1.165, 1.54) is 19.3 Å². The van der Waals surface area contributed by atoms with Crippen molar-refractivity contribution in [1.29, 1.82) is 0 Å². The first-order chi connectivity index (χ1) is 9.56. The van der Waals surface area contributed by atoms with E-state index in [1.807, 2.05) is 0 Å². The van der Waals surface area contributed by atoms with Gasteiger partial charge in [-0.25, -0.2) is 13.2 Å². The van der Waals surface area contributed by atoms with Crippen molar-refractivity contribution in [1.82, 2.24) is 5.32 Å². The molecular weight excluding hydrogens is 267 g/mol. The fourth-order valence-electron chi connectivity index (χ4n) is 1.90. The molecule has 5 heteroatoms. The van der Waals surface area contributed by atoms with E-state index in [0.29, 0.717) is 18.7 Å². The van der Waals surface area contributed by atoms with Crippen LogP contribution in [0, 0.1) is 17.5 Å². The Morgan fingerprint density at radius 1 is 1.00 bits per heavy atom. The highest BCUT2D eigenvalue weighted by Crippen LogP contribution is 2.13. The Kier molecular flexibility index (Phi) is 7.12. The first kappa shape index (κ1) is 16.5. The molecule has 0 aliphatic carbocycles. The number of unbranched alkanes of at least 4 members (excludes halogenated alkanes) is 5. The molecule has 0 fully saturated rings. The molecule has 112 valence electrons. The Morgan fingerprint density at radius 3 is 2.15 bits per heavy atom. The van der Waals surface area contributed by atoms with Crippen LogP contribution in [0.1, 0.15) is 55.8 Å². The zero-order chi connectivity index (χ0) is 15.0. The van der Waals surface area contributed by atoms with Crippen LogP contribution in [-0.4, -0.2) is 12.5 Å². The average molecular weight is 287 g/mol. The Hall–Kier alpha value is -1.52. The second-order valence-electron chi connectivity index (χ2n) is 4.78. The van der Waals surface area contributed by atoms with E-state index >= 15 is 0 Å². The number of benzene rings is 1. The third kappa shape index (κ3) is 5.23. The lowest BCUT2D eigenvalue weighted by molar-refractivity contribution is 0.0951. The quantitative estimate of drug-likeness (QED) is 0.563. The molecule has 2 nitrogen and oxygen atoms in total. The molecule has 0 saturated heterocycles. The molecule has 1 aromatic rings. The van der Waals surface area contributed by atoms with Crippen molar-refractivity contribution >= 4 is 5.91 Å². The molecule has 0 spiro atoms. The predicted molar refractivity (Wildman–Crippen MR) is 72.0 cm³/mol. The smallest absolute Gasteiger partial charge is 0.251 e. The summed E-state index contributed by atoms with van der Waals surface area (Å²) in [5.41, 5.74) is -0.201. The molecule has 1 rings (SSSR count). The lowest BCUT2D eigenvalue weighted by atomic mass is 10.1. The highest BCUT2D eigenvalue weighted by Gasteiger charge is 2.14. The van der Waals surface area contributed by atoms with Gasteiger partial charge in [0.2, 0.25) is 0 Å². The number of halogens is 3. The van der Waals surface area contributed by atoms with E-state index in [9.17, 15) is 18.0 Å². The minimum absolute atomic E-state index is 0.201. The van der Waals surface area contributed by atoms with Crippen LogP contribution in [0.3, 0.4) is 0 Å². The van der Waals surface area contributed by atoms with Gasteiger partial charge >= 0.3 is 0 Å². The molecule has 0 saturated carbocycles. The summed E-state index contributed by atoms with van der Waals surface area (Å²) in [6.45, 7) is 2.59. The van der Waals surface area contributed by atoms with Gasteiger partial charge in [-0.15, -0.1) is 0 Å². The first-order valence-corrected chi connectivity index (χ1v) is 6.99. The van der Waals surface area contributed by atoms with Crippen molar-refractivity contribution in [3.05, 3.63) is 35.1 Å². The summed E-state index contributed by atoms with van der Waals surface area (Å²) in [5.74, 6) is -4.85. The monoisotopic (exact) mass is 287 g/mol. The minimum atomic E-state index is -1.56. The second kappa shape index (κ2) is 8.61. The van der Waals surface area contributed by atoms with Crippen LogP contribution in [0.25, 0.3) is 0 Å². The topological polar surface area (TPSA) is 29.1 Å². The minimum Gasteiger partial charge on any atom is -0.352 e. The number of carbonyl (C=O) groups is 1. The molecule has 0 aliphatic rings. The maximum Gasteiger partial charge on any atom is 0.251 e. The number of amides is 1. The highest BCUT2D eigenvalue weighted by molar-refractivity contribution is 5.94. The Bertz CT molecular complexity index is 426. The fourth-order valence-corrected chi connectivity index (χ4v) is 1.90. The molecular formula is C15H20F3NO. The summed E-state index contributed by atoms with van der Waals surface area (Å²) in [6.07, 6.45) is 6.51. The van der Waals surface area contributed by atoms with Crippen molar-refractivity contribution in [3.8, 4) is 0 Å². The Morgan fingerprint density at radius 2 is 1.55 bits per heavy atom. The van der Waals surface area contributed by atoms with E-state index in [2.05, 4.69) is 12.2 Å². The van der Waals surface area contributed by atoms with Gasteiger partial charge in [-0.05, 0) is 18.6 Å². The van der Waals surface area contributed by atoms with E-state index in [0.717, 1.165) is 19.3 Å². The molecule has 0 bridgehead atoms. The summed E-state index contributed by atoms with van der Waals surface area (Å²) in [7, 11) is 0. The van der Waals surface area contributed by atoms with E-state index in [-0.39, 0.29) is 5.56 Å². The molecule has 1 amide bonds. The van der Waals surface area contributed by atoms with Crippen LogP contribution in [0.15, 0.2) is 12.1 Å². The van der Waals surface area contributed by atoms with Crippen LogP contribution < -0.4 is 5.32 Å². The molecule has 0 aliphatic heterocycles. The van der Waals surface area contributed by atoms with Crippen LogP contribution in [-0.2, 0) is 0 Å². The Labute approximate surface area is 117 Å². The summed E-state index contributed by atoms with van der Waals surface area (Å²) < 4.78 is 38.7. The van der Waals surface area contributed by atoms with Crippen molar-refractivity contribution in [2.45, 2.75) is 45.4 Å². The van der Waals surface area contributed by atoms with Gasteiger partial charge in [0.15, 0.2) is 17.5 Å². The van der Waals surface area contributed by atoms with Crippen molar-refractivity contribution in [2.75, 3.05) is 6.54 Å². The maximum absolute atomic E-state index is 13.0. The van der Waals surface area contributed by atoms with Crippen LogP contribution in [0.4, 0.5) is 13.2 Å². The normalized spacial score (nSPS) is 10.6. The second-order valence-corrected chi connectivity index (χ2v) is 4.78. The zero-order valence-corrected chi connectivity index (χ0v) is 11.6. The van der Waals surface area contributed by atoms with E-state index in [4.69, 9.17) is 0 Å². The fraction of sp³-hybridized carbons (Fsp3) is 0.533. The van der Waals surface area contributed by atoms with Crippen LogP contribution >= 0.6 is 0 Å². The number of nitrogens with one attached hydrogen (secondary N) is 1. The lowest BCUT2D eigenvalue weighted by Crippen LogP contribution is -2.24. The summed E-state index contributed by atoms with van der Waals surface area (Å²) in [6, 6.07) is 1.41. The average Bonchev–Trinajstić information content (AvgIpc) is 2.43. The molecule has 0 radical (unpaired) electrons. The largest absolute Gasteiger partial charge is 0.352 e. The summed E-state index contributed by atoms with van der Waals surface area (Å²) in [4.78, 5) is 11.6. The molecule has 1 aromatic carbocycles. The molecule has 0 aromatic heterocycles. The van der Waals surface area contributed by atoms with Gasteiger partial charge in [-0.2, -0.15) is 0 Å². The first-order valence-electron chi connectivity index (χ1n) is 6.99. The van der Waals surface area contributed by atoms with Crippen molar-refractivity contribution in [3.63, 3.8) is 0 Å². The van der Waals surface area contributed by atoms with Gasteiger partial charge in [-0.1, -0.05) is 39.0 Å². The highest BCUT2D eigenvalue weighted by atomic mass is 19.2. The van der Waals surface area contributed by atoms with Crippen LogP contribution in [0.2, 0.25) is 0 Å². The molecule has 0 unspecified atom stereocenters. The number of hydrogen-bond acceptors (Lipinski definition) is 1. The van der Waals surface area contributed by atoms with Gasteiger partial charge in [0.1, 0.15) is 0 Å². The predicted octanol–water partition coefficient (Wildman–Crippen LogP) is 4.19. The van der Waals surface area contributed by atoms with Gasteiger partial charge in [0.05, 0.1) is 0 Å². The van der Waals surface area contributed by atoms with Crippen molar-refractivity contribution in [2.24, 2.45) is 0 Å². The van der Waals surface area contributed by atoms with Gasteiger partial charge in [0, 0.05) is 12.1 Å². The van der Waals surface area contributed by atoms with Crippen molar-refractivity contribution < 1.29 is 18.0 Å². The zero-order valence-electron chi connectivity index (χ0n) is 11.6. The Balaban J connectivity index is 2.33. The standard InChI is InChI=1S/C15H20F3NO/c1-2-3-4-5-6-7-8-19-15(20)11-9-12(16)14(18)13(17)10-11/h9-10H,2-8H2,1H3,(H,19,20). The molecule has 0 heterocycles. The van der Waals surface area contributed by atoms with E-state index < -0.39 is 23.4 Å². The summed E-state index contributed by atoms with van der Waals surface area (Å²) >= 11 is 0. The SMILES string of the molecule is CCCCCCCCNC(=O)c1cc(F)c(F)c(F)c1.